The third kappa shape index (κ3) is 4.70. The number of hydrogen-bond acceptors (Lipinski definition) is 7. The van der Waals surface area contributed by atoms with E-state index in [1.807, 2.05) is 25.1 Å². The highest BCUT2D eigenvalue weighted by Crippen LogP contribution is 2.26. The summed E-state index contributed by atoms with van der Waals surface area (Å²) in [6.45, 7) is 4.67. The summed E-state index contributed by atoms with van der Waals surface area (Å²) in [7, 11) is -3.10. The summed E-state index contributed by atoms with van der Waals surface area (Å²) in [5.74, 6) is 1.20. The lowest BCUT2D eigenvalue weighted by molar-refractivity contribution is 0.122. The molecule has 1 aliphatic heterocycles. The van der Waals surface area contributed by atoms with Gasteiger partial charge in [0.15, 0.2) is 5.82 Å². The fourth-order valence-electron chi connectivity index (χ4n) is 2.96. The lowest BCUT2D eigenvalue weighted by Gasteiger charge is -2.28. The monoisotopic (exact) mass is 376 g/mol. The molecule has 1 fully saturated rings. The molecule has 1 atom stereocenters. The van der Waals surface area contributed by atoms with E-state index in [0.717, 1.165) is 30.2 Å². The summed E-state index contributed by atoms with van der Waals surface area (Å²) < 4.78 is 28.8. The maximum atomic E-state index is 11.7. The van der Waals surface area contributed by atoms with Crippen molar-refractivity contribution < 1.29 is 13.2 Å². The van der Waals surface area contributed by atoms with Crippen LogP contribution in [0.15, 0.2) is 30.3 Å². The Kier molecular flexibility index (Phi) is 5.43. The van der Waals surface area contributed by atoms with E-state index in [9.17, 15) is 8.42 Å². The first kappa shape index (κ1) is 18.6. The van der Waals surface area contributed by atoms with Crippen LogP contribution in [0.3, 0.4) is 0 Å². The molecular formula is C18H24N4O3S. The largest absolute Gasteiger partial charge is 0.399 e. The molecular weight excluding hydrogens is 352 g/mol. The number of morpholine rings is 1. The molecule has 1 aromatic carbocycles. The van der Waals surface area contributed by atoms with Gasteiger partial charge in [-0.05, 0) is 24.3 Å². The summed E-state index contributed by atoms with van der Waals surface area (Å²) in [6.07, 6.45) is 1.24. The third-order valence-electron chi connectivity index (χ3n) is 4.29. The van der Waals surface area contributed by atoms with Crippen molar-refractivity contribution in [3.8, 4) is 11.4 Å². The fourth-order valence-corrected chi connectivity index (χ4v) is 4.04. The molecule has 3 rings (SSSR count). The van der Waals surface area contributed by atoms with Crippen LogP contribution in [0.4, 0.5) is 11.5 Å². The van der Waals surface area contributed by atoms with Gasteiger partial charge in [0.25, 0.3) is 0 Å². The standard InChI is InChI=1S/C18H24N4O3S/c1-13(12-26(2,23)24)16-11-17(22-7-9-25-10-8-22)21-18(20-16)14-3-5-15(19)6-4-14/h3-6,11,13H,7-10,12,19H2,1-2H3. The number of nitrogens with zero attached hydrogens (tertiary/aromatic N) is 3. The summed E-state index contributed by atoms with van der Waals surface area (Å²) in [5.41, 5.74) is 8.01. The molecule has 1 saturated heterocycles. The first-order chi connectivity index (χ1) is 12.3. The Balaban J connectivity index is 2.02. The quantitative estimate of drug-likeness (QED) is 0.793. The normalized spacial score (nSPS) is 16.5. The van der Waals surface area contributed by atoms with Gasteiger partial charge in [-0.25, -0.2) is 18.4 Å². The molecule has 0 spiro atoms. The Morgan fingerprint density at radius 3 is 2.46 bits per heavy atom. The van der Waals surface area contributed by atoms with Crippen LogP contribution in [0.5, 0.6) is 0 Å². The lowest BCUT2D eigenvalue weighted by Crippen LogP contribution is -2.37. The first-order valence-corrected chi connectivity index (χ1v) is 10.6. The predicted octanol–water partition coefficient (Wildman–Crippen LogP) is 1.71. The molecule has 0 bridgehead atoms. The maximum absolute atomic E-state index is 11.7. The van der Waals surface area contributed by atoms with Crippen LogP contribution in [0.2, 0.25) is 0 Å². The van der Waals surface area contributed by atoms with Crippen LogP contribution in [0.1, 0.15) is 18.5 Å². The van der Waals surface area contributed by atoms with Gasteiger partial charge in [-0.1, -0.05) is 6.92 Å². The van der Waals surface area contributed by atoms with Gasteiger partial charge in [-0.15, -0.1) is 0 Å². The van der Waals surface area contributed by atoms with Crippen LogP contribution in [0, 0.1) is 0 Å². The highest BCUT2D eigenvalue weighted by molar-refractivity contribution is 7.90. The molecule has 2 heterocycles. The van der Waals surface area contributed by atoms with Gasteiger partial charge in [0.1, 0.15) is 15.7 Å². The smallest absolute Gasteiger partial charge is 0.161 e. The Morgan fingerprint density at radius 1 is 1.19 bits per heavy atom. The SMILES string of the molecule is CC(CS(C)(=O)=O)c1cc(N2CCOCC2)nc(-c2ccc(N)cc2)n1. The minimum Gasteiger partial charge on any atom is -0.399 e. The van der Waals surface area contributed by atoms with Crippen LogP contribution in [-0.2, 0) is 14.6 Å². The number of nitrogen functional groups attached to an aromatic ring is 1. The summed E-state index contributed by atoms with van der Waals surface area (Å²) in [4.78, 5) is 11.5. The maximum Gasteiger partial charge on any atom is 0.161 e. The zero-order valence-electron chi connectivity index (χ0n) is 15.1. The van der Waals surface area contributed by atoms with Crippen molar-refractivity contribution in [1.29, 1.82) is 0 Å². The van der Waals surface area contributed by atoms with Crippen LogP contribution in [0.25, 0.3) is 11.4 Å². The second-order valence-corrected chi connectivity index (χ2v) is 8.87. The van der Waals surface area contributed by atoms with E-state index in [2.05, 4.69) is 9.88 Å². The molecule has 2 aromatic rings. The van der Waals surface area contributed by atoms with Crippen molar-refractivity contribution >= 4 is 21.3 Å². The van der Waals surface area contributed by atoms with E-state index in [-0.39, 0.29) is 11.7 Å². The molecule has 1 unspecified atom stereocenters. The van der Waals surface area contributed by atoms with E-state index in [4.69, 9.17) is 15.5 Å². The Morgan fingerprint density at radius 2 is 1.85 bits per heavy atom. The first-order valence-electron chi connectivity index (χ1n) is 8.57. The van der Waals surface area contributed by atoms with Crippen molar-refractivity contribution in [3.63, 3.8) is 0 Å². The Labute approximate surface area is 154 Å². The minimum atomic E-state index is -3.10. The Bertz CT molecular complexity index is 863. The number of hydrogen-bond donors (Lipinski definition) is 1. The van der Waals surface area contributed by atoms with Gasteiger partial charge in [-0.2, -0.15) is 0 Å². The van der Waals surface area contributed by atoms with E-state index in [0.29, 0.717) is 24.7 Å². The van der Waals surface area contributed by atoms with E-state index < -0.39 is 9.84 Å². The molecule has 7 nitrogen and oxygen atoms in total. The number of sulfone groups is 1. The fraction of sp³-hybridized carbons (Fsp3) is 0.444. The number of nitrogens with two attached hydrogens (primary N) is 1. The van der Waals surface area contributed by atoms with Gasteiger partial charge in [0.2, 0.25) is 0 Å². The van der Waals surface area contributed by atoms with Crippen molar-refractivity contribution in [2.24, 2.45) is 0 Å². The van der Waals surface area contributed by atoms with E-state index in [1.165, 1.54) is 6.26 Å². The van der Waals surface area contributed by atoms with Crippen molar-refractivity contribution in [2.75, 3.05) is 48.9 Å². The van der Waals surface area contributed by atoms with E-state index in [1.54, 1.807) is 12.1 Å². The third-order valence-corrected chi connectivity index (χ3v) is 5.40. The number of rotatable bonds is 5. The summed E-state index contributed by atoms with van der Waals surface area (Å²) in [5, 5.41) is 0. The predicted molar refractivity (Wildman–Crippen MR) is 103 cm³/mol. The molecule has 0 amide bonds. The zero-order chi connectivity index (χ0) is 18.7. The molecule has 8 heteroatoms. The van der Waals surface area contributed by atoms with Gasteiger partial charge in [-0.3, -0.25) is 0 Å². The van der Waals surface area contributed by atoms with Gasteiger partial charge >= 0.3 is 0 Å². The van der Waals surface area contributed by atoms with Gasteiger partial charge in [0, 0.05) is 42.6 Å². The molecule has 140 valence electrons. The van der Waals surface area contributed by atoms with Crippen molar-refractivity contribution in [3.05, 3.63) is 36.0 Å². The highest BCUT2D eigenvalue weighted by atomic mass is 32.2. The summed E-state index contributed by atoms with van der Waals surface area (Å²) >= 11 is 0. The Hall–Kier alpha value is -2.19. The van der Waals surface area contributed by atoms with Crippen molar-refractivity contribution in [1.82, 2.24) is 9.97 Å². The van der Waals surface area contributed by atoms with E-state index >= 15 is 0 Å². The second kappa shape index (κ2) is 7.59. The number of anilines is 2. The van der Waals surface area contributed by atoms with Gasteiger partial charge < -0.3 is 15.4 Å². The number of aromatic nitrogens is 2. The van der Waals surface area contributed by atoms with Crippen molar-refractivity contribution in [2.45, 2.75) is 12.8 Å². The number of ether oxygens (including phenoxy) is 1. The molecule has 1 aliphatic rings. The van der Waals surface area contributed by atoms with Crippen LogP contribution >= 0.6 is 0 Å². The van der Waals surface area contributed by atoms with Crippen LogP contribution in [-0.4, -0.2) is 56.7 Å². The van der Waals surface area contributed by atoms with Gasteiger partial charge in [0.05, 0.1) is 24.7 Å². The molecule has 26 heavy (non-hydrogen) atoms. The highest BCUT2D eigenvalue weighted by Gasteiger charge is 2.20. The molecule has 1 aromatic heterocycles. The molecule has 0 aliphatic carbocycles. The minimum absolute atomic E-state index is 0.0493. The van der Waals surface area contributed by atoms with Crippen LogP contribution < -0.4 is 10.6 Å². The lowest BCUT2D eigenvalue weighted by atomic mass is 10.1. The average molecular weight is 376 g/mol. The summed E-state index contributed by atoms with van der Waals surface area (Å²) in [6, 6.07) is 9.25. The molecule has 2 N–H and O–H groups in total. The molecule has 0 saturated carbocycles. The molecule has 0 radical (unpaired) electrons. The number of benzene rings is 1. The zero-order valence-corrected chi connectivity index (χ0v) is 15.9. The average Bonchev–Trinajstić information content (AvgIpc) is 2.61. The second-order valence-electron chi connectivity index (χ2n) is 6.69. The topological polar surface area (TPSA) is 98.4 Å².